The number of benzene rings is 3. The van der Waals surface area contributed by atoms with Gasteiger partial charge in [0.05, 0.1) is 5.54 Å². The Kier molecular flexibility index (Phi) is 9.03. The van der Waals surface area contributed by atoms with Crippen LogP contribution in [0.4, 0.5) is 4.79 Å². The molecule has 2 amide bonds. The molecule has 218 valence electrons. The zero-order chi connectivity index (χ0) is 29.5. The van der Waals surface area contributed by atoms with Gasteiger partial charge in [0.15, 0.2) is 0 Å². The van der Waals surface area contributed by atoms with Crippen molar-refractivity contribution < 1.29 is 24.2 Å². The van der Waals surface area contributed by atoms with Crippen molar-refractivity contribution in [3.63, 3.8) is 0 Å². The van der Waals surface area contributed by atoms with Crippen LogP contribution in [-0.2, 0) is 20.9 Å². The van der Waals surface area contributed by atoms with Gasteiger partial charge >= 0.3 is 12.1 Å². The summed E-state index contributed by atoms with van der Waals surface area (Å²) in [5, 5.41) is 14.9. The van der Waals surface area contributed by atoms with Crippen LogP contribution in [0.15, 0.2) is 90.5 Å². The molecule has 0 atom stereocenters. The third-order valence-corrected chi connectivity index (χ3v) is 8.32. The van der Waals surface area contributed by atoms with Crippen LogP contribution >= 0.6 is 0 Å². The smallest absolute Gasteiger partial charge is 0.407 e. The van der Waals surface area contributed by atoms with Crippen molar-refractivity contribution in [2.75, 3.05) is 26.2 Å². The molecule has 0 unspecified atom stereocenters. The van der Waals surface area contributed by atoms with E-state index in [2.05, 4.69) is 51.9 Å². The van der Waals surface area contributed by atoms with E-state index in [-0.39, 0.29) is 37.0 Å². The first kappa shape index (κ1) is 29.1. The van der Waals surface area contributed by atoms with E-state index in [9.17, 15) is 14.4 Å². The number of nitrogens with zero attached hydrogens (tertiary/aromatic N) is 1. The van der Waals surface area contributed by atoms with Crippen LogP contribution in [0.3, 0.4) is 0 Å². The molecule has 1 aliphatic carbocycles. The second-order valence-electron chi connectivity index (χ2n) is 11.2. The quantitative estimate of drug-likeness (QED) is 0.295. The van der Waals surface area contributed by atoms with Crippen LogP contribution < -0.4 is 10.6 Å². The molecular formula is C34H37N3O5. The Morgan fingerprint density at radius 1 is 0.929 bits per heavy atom. The number of carboxylic acids is 1. The topological polar surface area (TPSA) is 108 Å². The maximum Gasteiger partial charge on any atom is 0.407 e. The third-order valence-electron chi connectivity index (χ3n) is 8.32. The molecule has 8 heteroatoms. The van der Waals surface area contributed by atoms with Crippen LogP contribution in [0.2, 0.25) is 0 Å². The number of amides is 2. The van der Waals surface area contributed by atoms with E-state index in [1.807, 2.05) is 42.5 Å². The van der Waals surface area contributed by atoms with Crippen molar-refractivity contribution >= 4 is 18.0 Å². The van der Waals surface area contributed by atoms with Gasteiger partial charge in [-0.05, 0) is 47.6 Å². The van der Waals surface area contributed by atoms with E-state index in [0.717, 1.165) is 28.8 Å². The summed E-state index contributed by atoms with van der Waals surface area (Å²) in [6.07, 6.45) is 2.18. The number of ether oxygens (including phenoxy) is 1. The highest BCUT2D eigenvalue weighted by Gasteiger charge is 2.39. The van der Waals surface area contributed by atoms with Crippen LogP contribution in [-0.4, -0.2) is 59.8 Å². The molecule has 3 aromatic carbocycles. The van der Waals surface area contributed by atoms with Crippen LogP contribution in [0.5, 0.6) is 0 Å². The Hall–Kier alpha value is -4.43. The number of rotatable bonds is 10. The minimum absolute atomic E-state index is 0.0561. The number of carboxylic acid groups (broad SMARTS) is 1. The first-order valence-corrected chi connectivity index (χ1v) is 14.4. The molecule has 0 bridgehead atoms. The molecule has 3 aromatic rings. The fourth-order valence-corrected chi connectivity index (χ4v) is 5.95. The molecule has 5 rings (SSSR count). The molecule has 0 radical (unpaired) electrons. The third kappa shape index (κ3) is 6.89. The number of piperidine rings is 1. The normalized spacial score (nSPS) is 16.3. The molecule has 1 heterocycles. The largest absolute Gasteiger partial charge is 0.478 e. The molecule has 1 fully saturated rings. The van der Waals surface area contributed by atoms with Crippen molar-refractivity contribution in [1.29, 1.82) is 0 Å². The van der Waals surface area contributed by atoms with Crippen LogP contribution in [0, 0.1) is 0 Å². The highest BCUT2D eigenvalue weighted by molar-refractivity contribution is 5.86. The molecule has 42 heavy (non-hydrogen) atoms. The van der Waals surface area contributed by atoms with Crippen molar-refractivity contribution in [2.45, 2.75) is 44.2 Å². The Morgan fingerprint density at radius 3 is 2.14 bits per heavy atom. The average molecular weight is 568 g/mol. The molecule has 0 aromatic heterocycles. The zero-order valence-electron chi connectivity index (χ0n) is 23.8. The van der Waals surface area contributed by atoms with Crippen molar-refractivity contribution in [3.8, 4) is 11.1 Å². The van der Waals surface area contributed by atoms with E-state index in [0.29, 0.717) is 25.9 Å². The monoisotopic (exact) mass is 567 g/mol. The zero-order valence-corrected chi connectivity index (χ0v) is 23.8. The van der Waals surface area contributed by atoms with Gasteiger partial charge < -0.3 is 20.5 Å². The lowest BCUT2D eigenvalue weighted by atomic mass is 9.84. The first-order valence-electron chi connectivity index (χ1n) is 14.4. The van der Waals surface area contributed by atoms with Gasteiger partial charge in [0, 0.05) is 44.1 Å². The summed E-state index contributed by atoms with van der Waals surface area (Å²) < 4.78 is 5.84. The number of hydrogen-bond acceptors (Lipinski definition) is 5. The number of aliphatic carboxylic acids is 1. The number of carbonyl (C=O) groups is 3. The minimum Gasteiger partial charge on any atom is -0.478 e. The lowest BCUT2D eigenvalue weighted by Crippen LogP contribution is -2.57. The molecule has 1 aliphatic heterocycles. The first-order chi connectivity index (χ1) is 20.3. The number of fused-ring (bicyclic) bond motifs is 3. The molecule has 0 spiro atoms. The summed E-state index contributed by atoms with van der Waals surface area (Å²) in [5.41, 5.74) is 5.20. The molecule has 8 nitrogen and oxygen atoms in total. The number of nitrogens with one attached hydrogen (secondary N) is 2. The number of carbonyl (C=O) groups excluding carboxylic acids is 2. The van der Waals surface area contributed by atoms with Crippen molar-refractivity contribution in [3.05, 3.63) is 107 Å². The summed E-state index contributed by atoms with van der Waals surface area (Å²) in [4.78, 5) is 39.6. The lowest BCUT2D eigenvalue weighted by molar-refractivity contribution is -0.132. The second kappa shape index (κ2) is 13.0. The van der Waals surface area contributed by atoms with Gasteiger partial charge in [0.2, 0.25) is 5.91 Å². The predicted molar refractivity (Wildman–Crippen MR) is 161 cm³/mol. The van der Waals surface area contributed by atoms with Gasteiger partial charge in [-0.2, -0.15) is 0 Å². The highest BCUT2D eigenvalue weighted by atomic mass is 16.5. The summed E-state index contributed by atoms with van der Waals surface area (Å²) >= 11 is 0. The molecule has 2 aliphatic rings. The van der Waals surface area contributed by atoms with E-state index < -0.39 is 17.6 Å². The Labute approximate surface area is 246 Å². The average Bonchev–Trinajstić information content (AvgIpc) is 3.31. The fraction of sp³-hybridized carbons (Fsp3) is 0.324. The van der Waals surface area contributed by atoms with E-state index in [1.165, 1.54) is 18.6 Å². The van der Waals surface area contributed by atoms with Crippen LogP contribution in [0.25, 0.3) is 11.1 Å². The maximum absolute atomic E-state index is 13.3. The molecule has 3 N–H and O–H groups in total. The molecular weight excluding hydrogens is 530 g/mol. The van der Waals surface area contributed by atoms with Gasteiger partial charge in [-0.1, -0.05) is 84.9 Å². The van der Waals surface area contributed by atoms with Gasteiger partial charge in [-0.15, -0.1) is 0 Å². The molecule has 0 saturated carbocycles. The predicted octanol–water partition coefficient (Wildman–Crippen LogP) is 5.10. The standard InChI is InChI=1S/C34H37N3O5/c1-24(32(39)40)15-18-35-31(38)21-34(16-19-37(20-17-34)22-25-9-3-2-4-10-25)36-33(41)42-23-30-28-13-7-5-11-26(28)27-12-6-8-14-29(27)30/h2-15,30H,16-23H2,1H3,(H,35,38)(H,36,41)(H,39,40)/b24-15+. The van der Waals surface area contributed by atoms with Crippen molar-refractivity contribution in [2.24, 2.45) is 0 Å². The maximum atomic E-state index is 13.3. The summed E-state index contributed by atoms with van der Waals surface area (Å²) in [6, 6.07) is 26.6. The number of likely N-dealkylation sites (tertiary alicyclic amines) is 1. The Morgan fingerprint density at radius 2 is 1.52 bits per heavy atom. The Bertz CT molecular complexity index is 1420. The van der Waals surface area contributed by atoms with E-state index >= 15 is 0 Å². The van der Waals surface area contributed by atoms with Gasteiger partial charge in [-0.3, -0.25) is 9.69 Å². The Balaban J connectivity index is 1.24. The van der Waals surface area contributed by atoms with E-state index in [4.69, 9.17) is 9.84 Å². The second-order valence-corrected chi connectivity index (χ2v) is 11.2. The number of alkyl carbamates (subject to hydrolysis) is 1. The molecule has 1 saturated heterocycles. The highest BCUT2D eigenvalue weighted by Crippen LogP contribution is 2.44. The number of hydrogen-bond donors (Lipinski definition) is 3. The summed E-state index contributed by atoms with van der Waals surface area (Å²) in [5.74, 6) is -1.33. The van der Waals surface area contributed by atoms with Gasteiger partial charge in [-0.25, -0.2) is 9.59 Å². The van der Waals surface area contributed by atoms with E-state index in [1.54, 1.807) is 0 Å². The lowest BCUT2D eigenvalue weighted by Gasteiger charge is -2.41. The minimum atomic E-state index is -1.02. The van der Waals surface area contributed by atoms with Gasteiger partial charge in [0.1, 0.15) is 6.61 Å². The van der Waals surface area contributed by atoms with Crippen LogP contribution in [0.1, 0.15) is 48.8 Å². The fourth-order valence-electron chi connectivity index (χ4n) is 5.95. The summed E-state index contributed by atoms with van der Waals surface area (Å²) in [6.45, 7) is 4.01. The summed E-state index contributed by atoms with van der Waals surface area (Å²) in [7, 11) is 0. The van der Waals surface area contributed by atoms with Gasteiger partial charge in [0.25, 0.3) is 0 Å². The SMILES string of the molecule is C/C(=C\CNC(=O)CC1(NC(=O)OCC2c3ccccc3-c3ccccc32)CCN(Cc2ccccc2)CC1)C(=O)O. The van der Waals surface area contributed by atoms with Crippen molar-refractivity contribution in [1.82, 2.24) is 15.5 Å².